The number of nitrogens with zero attached hydrogens (tertiary/aromatic N) is 2. The molecule has 1 aromatic heterocycles. The number of aromatic nitrogens is 2. The van der Waals surface area contributed by atoms with Crippen molar-refractivity contribution in [1.29, 1.82) is 0 Å². The van der Waals surface area contributed by atoms with Crippen molar-refractivity contribution in [2.75, 3.05) is 0 Å². The van der Waals surface area contributed by atoms with Gasteiger partial charge in [0.2, 0.25) is 0 Å². The van der Waals surface area contributed by atoms with Crippen LogP contribution in [-0.4, -0.2) is 15.7 Å². The minimum absolute atomic E-state index is 0.0109. The normalized spacial score (nSPS) is 13.0. The third kappa shape index (κ3) is 1.92. The molecule has 2 aromatic carbocycles. The summed E-state index contributed by atoms with van der Waals surface area (Å²) in [4.78, 5) is 12.0. The van der Waals surface area contributed by atoms with Crippen LogP contribution in [0.25, 0.3) is 16.8 Å². The van der Waals surface area contributed by atoms with E-state index in [9.17, 15) is 4.79 Å². The predicted octanol–water partition coefficient (Wildman–Crippen LogP) is 2.78. The van der Waals surface area contributed by atoms with Crippen LogP contribution in [0.3, 0.4) is 0 Å². The molecule has 4 rings (SSSR count). The van der Waals surface area contributed by atoms with E-state index in [1.54, 1.807) is 6.20 Å². The molecule has 0 bridgehead atoms. The van der Waals surface area contributed by atoms with E-state index in [0.717, 1.165) is 27.9 Å². The van der Waals surface area contributed by atoms with Crippen LogP contribution < -0.4 is 5.32 Å². The van der Waals surface area contributed by atoms with E-state index in [2.05, 4.69) is 10.4 Å². The first-order valence-corrected chi connectivity index (χ1v) is 6.83. The Morgan fingerprint density at radius 3 is 2.67 bits per heavy atom. The van der Waals surface area contributed by atoms with Gasteiger partial charge in [-0.1, -0.05) is 30.3 Å². The van der Waals surface area contributed by atoms with Gasteiger partial charge >= 0.3 is 0 Å². The Morgan fingerprint density at radius 1 is 1.05 bits per heavy atom. The zero-order valence-electron chi connectivity index (χ0n) is 11.3. The van der Waals surface area contributed by atoms with Gasteiger partial charge in [-0.15, -0.1) is 0 Å². The van der Waals surface area contributed by atoms with Crippen molar-refractivity contribution in [2.24, 2.45) is 0 Å². The van der Waals surface area contributed by atoms with Crippen LogP contribution in [0.15, 0.2) is 60.9 Å². The quantitative estimate of drug-likeness (QED) is 0.781. The summed E-state index contributed by atoms with van der Waals surface area (Å²) in [5.41, 5.74) is 4.88. The summed E-state index contributed by atoms with van der Waals surface area (Å²) in [7, 11) is 0. The van der Waals surface area contributed by atoms with Crippen LogP contribution in [0.2, 0.25) is 0 Å². The lowest BCUT2D eigenvalue weighted by Gasteiger charge is -2.08. The van der Waals surface area contributed by atoms with E-state index >= 15 is 0 Å². The Hall–Kier alpha value is -2.88. The van der Waals surface area contributed by atoms with Crippen LogP contribution in [0.4, 0.5) is 0 Å². The fourth-order valence-electron chi connectivity index (χ4n) is 2.74. The lowest BCUT2D eigenvalue weighted by Crippen LogP contribution is -2.13. The molecule has 0 saturated heterocycles. The van der Waals surface area contributed by atoms with E-state index in [1.165, 1.54) is 0 Å². The molecule has 1 aliphatic rings. The molecule has 0 spiro atoms. The van der Waals surface area contributed by atoms with Crippen LogP contribution in [0.5, 0.6) is 0 Å². The monoisotopic (exact) mass is 275 g/mol. The van der Waals surface area contributed by atoms with Crippen molar-refractivity contribution in [3.05, 3.63) is 72.1 Å². The predicted molar refractivity (Wildman–Crippen MR) is 80.2 cm³/mol. The molecule has 0 radical (unpaired) electrons. The van der Waals surface area contributed by atoms with Crippen LogP contribution in [-0.2, 0) is 6.54 Å². The molecular weight excluding hydrogens is 262 g/mol. The second-order valence-electron chi connectivity index (χ2n) is 5.02. The van der Waals surface area contributed by atoms with Gasteiger partial charge in [-0.05, 0) is 34.9 Å². The standard InChI is InChI=1S/C17H13N3O/c21-17-16-13(11-18-17)3-1-4-15(16)12-5-7-14(8-6-12)20-10-2-9-19-20/h1-10H,11H2,(H,18,21). The molecule has 0 aliphatic carbocycles. The van der Waals surface area contributed by atoms with E-state index in [-0.39, 0.29) is 5.91 Å². The number of hydrogen-bond acceptors (Lipinski definition) is 2. The molecule has 102 valence electrons. The van der Waals surface area contributed by atoms with Gasteiger partial charge in [0.15, 0.2) is 0 Å². The Bertz CT molecular complexity index is 805. The van der Waals surface area contributed by atoms with Crippen LogP contribution >= 0.6 is 0 Å². The average molecular weight is 275 g/mol. The van der Waals surface area contributed by atoms with Crippen molar-refractivity contribution in [2.45, 2.75) is 6.54 Å². The summed E-state index contributed by atoms with van der Waals surface area (Å²) in [5.74, 6) is 0.0109. The maximum Gasteiger partial charge on any atom is 0.252 e. The molecule has 4 heteroatoms. The smallest absolute Gasteiger partial charge is 0.252 e. The highest BCUT2D eigenvalue weighted by molar-refractivity contribution is 6.04. The molecule has 1 amide bonds. The zero-order valence-corrected chi connectivity index (χ0v) is 11.3. The average Bonchev–Trinajstić information content (AvgIpc) is 3.18. The topological polar surface area (TPSA) is 46.9 Å². The van der Waals surface area contributed by atoms with Crippen molar-refractivity contribution < 1.29 is 4.79 Å². The van der Waals surface area contributed by atoms with E-state index in [1.807, 2.05) is 59.4 Å². The third-order valence-electron chi connectivity index (χ3n) is 3.76. The number of fused-ring (bicyclic) bond motifs is 1. The number of carbonyl (C=O) groups is 1. The number of amides is 1. The highest BCUT2D eigenvalue weighted by Gasteiger charge is 2.22. The fraction of sp³-hybridized carbons (Fsp3) is 0.0588. The number of nitrogens with one attached hydrogen (secondary N) is 1. The van der Waals surface area contributed by atoms with Gasteiger partial charge in [0, 0.05) is 18.9 Å². The van der Waals surface area contributed by atoms with Gasteiger partial charge in [-0.25, -0.2) is 4.68 Å². The highest BCUT2D eigenvalue weighted by atomic mass is 16.1. The molecule has 0 unspecified atom stereocenters. The first kappa shape index (κ1) is 11.9. The SMILES string of the molecule is O=C1NCc2cccc(-c3ccc(-n4cccn4)cc3)c21. The highest BCUT2D eigenvalue weighted by Crippen LogP contribution is 2.29. The summed E-state index contributed by atoms with van der Waals surface area (Å²) in [6, 6.07) is 15.9. The zero-order chi connectivity index (χ0) is 14.2. The molecule has 0 atom stereocenters. The number of benzene rings is 2. The maximum atomic E-state index is 12.0. The second kappa shape index (κ2) is 4.59. The molecule has 3 aromatic rings. The van der Waals surface area contributed by atoms with Gasteiger partial charge in [-0.3, -0.25) is 4.79 Å². The number of hydrogen-bond donors (Lipinski definition) is 1. The Labute approximate surface area is 122 Å². The summed E-state index contributed by atoms with van der Waals surface area (Å²) in [6.45, 7) is 0.618. The molecule has 21 heavy (non-hydrogen) atoms. The lowest BCUT2D eigenvalue weighted by molar-refractivity contribution is 0.0966. The molecule has 4 nitrogen and oxygen atoms in total. The molecular formula is C17H13N3O. The number of carbonyl (C=O) groups excluding carboxylic acids is 1. The summed E-state index contributed by atoms with van der Waals surface area (Å²) in [6.07, 6.45) is 3.66. The molecule has 0 fully saturated rings. The van der Waals surface area contributed by atoms with Gasteiger partial charge in [-0.2, -0.15) is 5.10 Å². The molecule has 1 aliphatic heterocycles. The van der Waals surface area contributed by atoms with E-state index in [4.69, 9.17) is 0 Å². The molecule has 1 N–H and O–H groups in total. The van der Waals surface area contributed by atoms with Crippen LogP contribution in [0.1, 0.15) is 15.9 Å². The molecule has 2 heterocycles. The molecule has 0 saturated carbocycles. The van der Waals surface area contributed by atoms with Gasteiger partial charge < -0.3 is 5.32 Å². The van der Waals surface area contributed by atoms with Gasteiger partial charge in [0.1, 0.15) is 0 Å². The van der Waals surface area contributed by atoms with Crippen LogP contribution in [0, 0.1) is 0 Å². The fourth-order valence-corrected chi connectivity index (χ4v) is 2.74. The number of rotatable bonds is 2. The first-order chi connectivity index (χ1) is 10.3. The van der Waals surface area contributed by atoms with Crippen molar-refractivity contribution in [3.8, 4) is 16.8 Å². The Balaban J connectivity index is 1.78. The maximum absolute atomic E-state index is 12.0. The minimum Gasteiger partial charge on any atom is -0.348 e. The lowest BCUT2D eigenvalue weighted by atomic mass is 9.96. The Kier molecular flexibility index (Phi) is 2.60. The van der Waals surface area contributed by atoms with Gasteiger partial charge in [0.05, 0.1) is 11.3 Å². The van der Waals surface area contributed by atoms with E-state index < -0.39 is 0 Å². The van der Waals surface area contributed by atoms with Crippen molar-refractivity contribution >= 4 is 5.91 Å². The van der Waals surface area contributed by atoms with Crippen molar-refractivity contribution in [1.82, 2.24) is 15.1 Å². The van der Waals surface area contributed by atoms with Gasteiger partial charge in [0.25, 0.3) is 5.91 Å². The Morgan fingerprint density at radius 2 is 1.90 bits per heavy atom. The summed E-state index contributed by atoms with van der Waals surface area (Å²) < 4.78 is 1.81. The summed E-state index contributed by atoms with van der Waals surface area (Å²) >= 11 is 0. The largest absolute Gasteiger partial charge is 0.348 e. The second-order valence-corrected chi connectivity index (χ2v) is 5.02. The summed E-state index contributed by atoms with van der Waals surface area (Å²) in [5, 5.41) is 7.09. The first-order valence-electron chi connectivity index (χ1n) is 6.83. The van der Waals surface area contributed by atoms with E-state index in [0.29, 0.717) is 6.54 Å². The minimum atomic E-state index is 0.0109. The van der Waals surface area contributed by atoms with Crippen molar-refractivity contribution in [3.63, 3.8) is 0 Å². The third-order valence-corrected chi connectivity index (χ3v) is 3.76.